The van der Waals surface area contributed by atoms with Gasteiger partial charge in [-0.15, -0.1) is 11.3 Å². The molecule has 0 saturated carbocycles. The van der Waals surface area contributed by atoms with E-state index in [0.717, 1.165) is 48.4 Å². The number of aromatic nitrogens is 1. The molecule has 0 spiro atoms. The zero-order valence-electron chi connectivity index (χ0n) is 27.5. The number of hydrogen-bond donors (Lipinski definition) is 2. The van der Waals surface area contributed by atoms with Crippen LogP contribution in [0.1, 0.15) is 61.6 Å². The molecule has 2 aromatic carbocycles. The van der Waals surface area contributed by atoms with Gasteiger partial charge in [0, 0.05) is 35.4 Å². The van der Waals surface area contributed by atoms with Crippen molar-refractivity contribution in [1.82, 2.24) is 10.2 Å². The van der Waals surface area contributed by atoms with Gasteiger partial charge in [-0.05, 0) is 67.7 Å². The van der Waals surface area contributed by atoms with Crippen LogP contribution in [0.3, 0.4) is 0 Å². The van der Waals surface area contributed by atoms with Gasteiger partial charge in [0.2, 0.25) is 0 Å². The quantitative estimate of drug-likeness (QED) is 0.0852. The lowest BCUT2D eigenvalue weighted by Crippen LogP contribution is -2.36. The summed E-state index contributed by atoms with van der Waals surface area (Å²) in [4.78, 5) is 29.3. The fourth-order valence-corrected chi connectivity index (χ4v) is 7.86. The molecule has 10 nitrogen and oxygen atoms in total. The fourth-order valence-electron chi connectivity index (χ4n) is 6.26. The Bertz CT molecular complexity index is 1750. The molecule has 3 atom stereocenters. The molecule has 2 aromatic heterocycles. The number of nitrogens with one attached hydrogen (secondary N) is 1. The van der Waals surface area contributed by atoms with Gasteiger partial charge in [0.15, 0.2) is 23.9 Å². The van der Waals surface area contributed by atoms with Crippen molar-refractivity contribution in [2.75, 3.05) is 41.0 Å². The molecule has 0 aliphatic carbocycles. The number of piperidine rings is 1. The Morgan fingerprint density at radius 3 is 2.43 bits per heavy atom. The minimum absolute atomic E-state index is 0.124. The molecular formula is C36H39Cl2N3O7S. The molecule has 1 aliphatic rings. The molecule has 260 valence electrons. The highest BCUT2D eigenvalue weighted by molar-refractivity contribution is 7.14. The minimum atomic E-state index is -1.10. The maximum Gasteiger partial charge on any atom is 0.346 e. The van der Waals surface area contributed by atoms with E-state index in [-0.39, 0.29) is 39.8 Å². The number of carbonyl (C=O) groups excluding carboxylic acids is 1. The second-order valence-corrected chi connectivity index (χ2v) is 14.0. The minimum Gasteiger partial charge on any atom is -0.619 e. The SMILES string of the molecule is COc1ccc([C@H](Cc2c(Cl)c[n+]([O-])cc2Cl)c2cc(CNC(C(=O)OC[C@H]3CCCN(C)C3)c3ccccc3)sc2C(=O)O)cc1OC. The summed E-state index contributed by atoms with van der Waals surface area (Å²) in [5.74, 6) is -0.799. The van der Waals surface area contributed by atoms with E-state index >= 15 is 0 Å². The van der Waals surface area contributed by atoms with Crippen LogP contribution in [0.25, 0.3) is 0 Å². The topological polar surface area (TPSA) is 124 Å². The molecule has 1 unspecified atom stereocenters. The Morgan fingerprint density at radius 1 is 1.06 bits per heavy atom. The first-order chi connectivity index (χ1) is 23.6. The number of carboxylic acid groups (broad SMARTS) is 1. The largest absolute Gasteiger partial charge is 0.619 e. The number of carbonyl (C=O) groups is 2. The summed E-state index contributed by atoms with van der Waals surface area (Å²) in [6.07, 6.45) is 4.69. The van der Waals surface area contributed by atoms with Gasteiger partial charge in [-0.1, -0.05) is 59.6 Å². The number of benzene rings is 2. The third kappa shape index (κ3) is 9.03. The first-order valence-electron chi connectivity index (χ1n) is 15.9. The highest BCUT2D eigenvalue weighted by Gasteiger charge is 2.29. The maximum atomic E-state index is 13.5. The van der Waals surface area contributed by atoms with E-state index in [0.29, 0.717) is 38.8 Å². The maximum absolute atomic E-state index is 13.5. The molecule has 0 amide bonds. The number of nitrogens with zero attached hydrogens (tertiary/aromatic N) is 2. The predicted octanol–water partition coefficient (Wildman–Crippen LogP) is 6.49. The van der Waals surface area contributed by atoms with Crippen LogP contribution in [-0.4, -0.2) is 62.9 Å². The second-order valence-electron chi connectivity index (χ2n) is 12.1. The Balaban J connectivity index is 1.47. The van der Waals surface area contributed by atoms with Crippen molar-refractivity contribution in [3.05, 3.63) is 114 Å². The summed E-state index contributed by atoms with van der Waals surface area (Å²) in [6, 6.07) is 15.8. The van der Waals surface area contributed by atoms with Crippen LogP contribution in [0.4, 0.5) is 0 Å². The van der Waals surface area contributed by atoms with Crippen LogP contribution in [0.2, 0.25) is 10.0 Å². The third-order valence-electron chi connectivity index (χ3n) is 8.69. The highest BCUT2D eigenvalue weighted by Crippen LogP contribution is 2.41. The van der Waals surface area contributed by atoms with Gasteiger partial charge >= 0.3 is 11.9 Å². The molecule has 4 aromatic rings. The van der Waals surface area contributed by atoms with Gasteiger partial charge in [-0.2, -0.15) is 4.73 Å². The van der Waals surface area contributed by atoms with Gasteiger partial charge < -0.3 is 29.4 Å². The summed E-state index contributed by atoms with van der Waals surface area (Å²) in [5.41, 5.74) is 2.49. The molecule has 0 radical (unpaired) electrons. The van der Waals surface area contributed by atoms with E-state index < -0.39 is 17.9 Å². The Labute approximate surface area is 299 Å². The molecule has 1 saturated heterocycles. The number of aromatic carboxylic acids is 1. The molecule has 1 aliphatic heterocycles. The number of halogens is 2. The first kappa shape index (κ1) is 36.4. The van der Waals surface area contributed by atoms with E-state index in [4.69, 9.17) is 37.4 Å². The summed E-state index contributed by atoms with van der Waals surface area (Å²) in [5, 5.41) is 26.0. The van der Waals surface area contributed by atoms with Gasteiger partial charge in [-0.25, -0.2) is 9.59 Å². The Hall–Kier alpha value is -3.87. The number of rotatable bonds is 14. The van der Waals surface area contributed by atoms with Crippen molar-refractivity contribution in [1.29, 1.82) is 0 Å². The third-order valence-corrected chi connectivity index (χ3v) is 10.5. The fraction of sp³-hybridized carbons (Fsp3) is 0.361. The van der Waals surface area contributed by atoms with Crippen LogP contribution >= 0.6 is 34.5 Å². The number of pyridine rings is 1. The van der Waals surface area contributed by atoms with Crippen molar-refractivity contribution < 1.29 is 33.6 Å². The summed E-state index contributed by atoms with van der Waals surface area (Å²) in [6.45, 7) is 2.46. The molecule has 0 bridgehead atoms. The van der Waals surface area contributed by atoms with Crippen molar-refractivity contribution in [2.24, 2.45) is 5.92 Å². The van der Waals surface area contributed by atoms with Gasteiger partial charge in [0.1, 0.15) is 21.0 Å². The molecule has 5 rings (SSSR count). The second kappa shape index (κ2) is 16.7. The van der Waals surface area contributed by atoms with Gasteiger partial charge in [-0.3, -0.25) is 5.32 Å². The van der Waals surface area contributed by atoms with E-state index in [9.17, 15) is 19.9 Å². The number of methoxy groups -OCH3 is 2. The molecule has 13 heteroatoms. The van der Waals surface area contributed by atoms with Crippen LogP contribution in [-0.2, 0) is 22.5 Å². The lowest BCUT2D eigenvalue weighted by atomic mass is 9.85. The number of thiophene rings is 1. The molecule has 3 heterocycles. The van der Waals surface area contributed by atoms with Crippen molar-refractivity contribution in [3.8, 4) is 11.5 Å². The van der Waals surface area contributed by atoms with Crippen LogP contribution < -0.4 is 19.5 Å². The van der Waals surface area contributed by atoms with Crippen LogP contribution in [0.15, 0.2) is 67.0 Å². The Morgan fingerprint density at radius 2 is 1.78 bits per heavy atom. The summed E-state index contributed by atoms with van der Waals surface area (Å²) in [7, 11) is 5.13. The monoisotopic (exact) mass is 727 g/mol. The van der Waals surface area contributed by atoms with Crippen molar-refractivity contribution >= 4 is 46.5 Å². The lowest BCUT2D eigenvalue weighted by Gasteiger charge is -2.29. The average Bonchev–Trinajstić information content (AvgIpc) is 3.51. The summed E-state index contributed by atoms with van der Waals surface area (Å²) >= 11 is 14.1. The number of ether oxygens (including phenoxy) is 3. The van der Waals surface area contributed by atoms with E-state index in [1.165, 1.54) is 26.6 Å². The number of likely N-dealkylation sites (tertiary alicyclic amines) is 1. The summed E-state index contributed by atoms with van der Waals surface area (Å²) < 4.78 is 17.4. The average molecular weight is 729 g/mol. The van der Waals surface area contributed by atoms with Gasteiger partial charge in [0.05, 0.1) is 20.8 Å². The standard InChI is InChI=1S/C36H39Cl2N3O7S/c1-40-13-7-8-22(18-40)21-48-36(44)33(23-9-5-4-6-10-23)39-17-25-15-27(34(49-25)35(42)43)26(16-28-29(37)19-41(45)20-30(28)38)24-11-12-31(46-2)32(14-24)47-3/h4-6,9-12,14-15,19-20,22,26,33,39H,7-8,13,16-18,21H2,1-3H3,(H,42,43)/t22-,26-,33?/m0/s1. The van der Waals surface area contributed by atoms with E-state index in [2.05, 4.69) is 17.3 Å². The lowest BCUT2D eigenvalue weighted by molar-refractivity contribution is -0.605. The molecule has 49 heavy (non-hydrogen) atoms. The van der Waals surface area contributed by atoms with Crippen molar-refractivity contribution in [3.63, 3.8) is 0 Å². The smallest absolute Gasteiger partial charge is 0.346 e. The normalized spacial score (nSPS) is 16.1. The van der Waals surface area contributed by atoms with E-state index in [1.54, 1.807) is 12.1 Å². The number of esters is 1. The predicted molar refractivity (Wildman–Crippen MR) is 189 cm³/mol. The molecular weight excluding hydrogens is 689 g/mol. The van der Waals surface area contributed by atoms with Crippen LogP contribution in [0.5, 0.6) is 11.5 Å². The number of hydrogen-bond acceptors (Lipinski definition) is 9. The number of carboxylic acids is 1. The van der Waals surface area contributed by atoms with Gasteiger partial charge in [0.25, 0.3) is 0 Å². The van der Waals surface area contributed by atoms with Crippen LogP contribution in [0, 0.1) is 11.1 Å². The Kier molecular flexibility index (Phi) is 12.4. The zero-order valence-corrected chi connectivity index (χ0v) is 29.8. The highest BCUT2D eigenvalue weighted by atomic mass is 35.5. The molecule has 2 N–H and O–H groups in total. The first-order valence-corrected chi connectivity index (χ1v) is 17.4. The van der Waals surface area contributed by atoms with E-state index in [1.807, 2.05) is 42.5 Å². The van der Waals surface area contributed by atoms with Crippen molar-refractivity contribution in [2.45, 2.75) is 37.8 Å². The zero-order chi connectivity index (χ0) is 35.1. The molecule has 1 fully saturated rings.